The maximum atomic E-state index is 12.2. The van der Waals surface area contributed by atoms with Gasteiger partial charge in [0.25, 0.3) is 5.91 Å². The zero-order chi connectivity index (χ0) is 12.5. The Labute approximate surface area is 111 Å². The number of rotatable bonds is 2. The highest BCUT2D eigenvalue weighted by Gasteiger charge is 2.36. The minimum Gasteiger partial charge on any atom is -0.272 e. The average molecular weight is 263 g/mol. The van der Waals surface area contributed by atoms with Crippen LogP contribution in [0, 0.1) is 5.92 Å². The molecule has 3 rings (SSSR count). The summed E-state index contributed by atoms with van der Waals surface area (Å²) in [6.07, 6.45) is 4.25. The van der Waals surface area contributed by atoms with E-state index < -0.39 is 0 Å². The van der Waals surface area contributed by atoms with Crippen molar-refractivity contribution in [3.05, 3.63) is 34.9 Å². The number of nitrogens with zero attached hydrogens (tertiary/aromatic N) is 2. The van der Waals surface area contributed by atoms with E-state index in [0.717, 1.165) is 37.0 Å². The number of fused-ring (bicyclic) bond motifs is 1. The SMILES string of the molecule is O=C1C2CCCCC2=NN1Cc1ccc(Cl)cc1. The summed E-state index contributed by atoms with van der Waals surface area (Å²) < 4.78 is 0. The fraction of sp³-hybridized carbons (Fsp3) is 0.429. The molecule has 94 valence electrons. The molecule has 18 heavy (non-hydrogen) atoms. The van der Waals surface area contributed by atoms with Crippen LogP contribution in [-0.2, 0) is 11.3 Å². The lowest BCUT2D eigenvalue weighted by Crippen LogP contribution is -2.28. The van der Waals surface area contributed by atoms with E-state index in [9.17, 15) is 4.79 Å². The second-order valence-electron chi connectivity index (χ2n) is 4.91. The number of amides is 1. The molecule has 1 atom stereocenters. The van der Waals surface area contributed by atoms with Gasteiger partial charge in [-0.3, -0.25) is 4.79 Å². The molecular weight excluding hydrogens is 248 g/mol. The van der Waals surface area contributed by atoms with Gasteiger partial charge in [-0.25, -0.2) is 5.01 Å². The van der Waals surface area contributed by atoms with Gasteiger partial charge in [-0.1, -0.05) is 30.2 Å². The van der Waals surface area contributed by atoms with Crippen LogP contribution in [0.5, 0.6) is 0 Å². The van der Waals surface area contributed by atoms with E-state index in [4.69, 9.17) is 11.6 Å². The molecule has 1 aromatic rings. The lowest BCUT2D eigenvalue weighted by molar-refractivity contribution is -0.132. The number of hydrogen-bond acceptors (Lipinski definition) is 2. The van der Waals surface area contributed by atoms with Gasteiger partial charge in [-0.2, -0.15) is 5.10 Å². The Morgan fingerprint density at radius 3 is 2.78 bits per heavy atom. The second-order valence-corrected chi connectivity index (χ2v) is 5.35. The van der Waals surface area contributed by atoms with Crippen molar-refractivity contribution in [1.29, 1.82) is 0 Å². The highest BCUT2D eigenvalue weighted by atomic mass is 35.5. The summed E-state index contributed by atoms with van der Waals surface area (Å²) in [5.74, 6) is 0.228. The number of carbonyl (C=O) groups excluding carboxylic acids is 1. The molecule has 0 N–H and O–H groups in total. The predicted molar refractivity (Wildman–Crippen MR) is 71.4 cm³/mol. The molecule has 1 aliphatic heterocycles. The smallest absolute Gasteiger partial charge is 0.251 e. The molecule has 0 saturated heterocycles. The minimum absolute atomic E-state index is 0.0612. The molecule has 1 heterocycles. The van der Waals surface area contributed by atoms with Gasteiger partial charge in [0, 0.05) is 5.02 Å². The molecule has 1 unspecified atom stereocenters. The largest absolute Gasteiger partial charge is 0.272 e. The van der Waals surface area contributed by atoms with E-state index in [2.05, 4.69) is 5.10 Å². The highest BCUT2D eigenvalue weighted by molar-refractivity contribution is 6.30. The molecule has 2 aliphatic rings. The van der Waals surface area contributed by atoms with Crippen molar-refractivity contribution in [3.8, 4) is 0 Å². The van der Waals surface area contributed by atoms with E-state index in [1.54, 1.807) is 5.01 Å². The van der Waals surface area contributed by atoms with Gasteiger partial charge < -0.3 is 0 Å². The van der Waals surface area contributed by atoms with Gasteiger partial charge in [-0.15, -0.1) is 0 Å². The van der Waals surface area contributed by atoms with Crippen molar-refractivity contribution < 1.29 is 4.79 Å². The van der Waals surface area contributed by atoms with E-state index in [-0.39, 0.29) is 11.8 Å². The Bertz CT molecular complexity index is 495. The van der Waals surface area contributed by atoms with Crippen LogP contribution < -0.4 is 0 Å². The van der Waals surface area contributed by atoms with E-state index in [1.165, 1.54) is 0 Å². The number of hydrogen-bond donors (Lipinski definition) is 0. The molecule has 0 bridgehead atoms. The molecule has 0 aromatic heterocycles. The molecule has 1 amide bonds. The average Bonchev–Trinajstić information content (AvgIpc) is 2.70. The first-order chi connectivity index (χ1) is 8.74. The van der Waals surface area contributed by atoms with Gasteiger partial charge in [0.1, 0.15) is 0 Å². The Kier molecular flexibility index (Phi) is 3.08. The van der Waals surface area contributed by atoms with Crippen molar-refractivity contribution in [1.82, 2.24) is 5.01 Å². The van der Waals surface area contributed by atoms with Gasteiger partial charge >= 0.3 is 0 Å². The molecule has 1 fully saturated rings. The molecule has 1 saturated carbocycles. The maximum Gasteiger partial charge on any atom is 0.251 e. The number of hydrazone groups is 1. The fourth-order valence-corrected chi connectivity index (χ4v) is 2.77. The fourth-order valence-electron chi connectivity index (χ4n) is 2.64. The summed E-state index contributed by atoms with van der Waals surface area (Å²) in [5, 5.41) is 6.81. The lowest BCUT2D eigenvalue weighted by atomic mass is 9.87. The van der Waals surface area contributed by atoms with Crippen LogP contribution >= 0.6 is 11.6 Å². The Balaban J connectivity index is 1.75. The Morgan fingerprint density at radius 1 is 1.28 bits per heavy atom. The van der Waals surface area contributed by atoms with Crippen LogP contribution in [-0.4, -0.2) is 16.6 Å². The third-order valence-electron chi connectivity index (χ3n) is 3.63. The van der Waals surface area contributed by atoms with Gasteiger partial charge in [0.05, 0.1) is 18.2 Å². The van der Waals surface area contributed by atoms with Gasteiger partial charge in [0.2, 0.25) is 0 Å². The summed E-state index contributed by atoms with van der Waals surface area (Å²) in [4.78, 5) is 12.2. The number of benzene rings is 1. The van der Waals surface area contributed by atoms with Gasteiger partial charge in [-0.05, 0) is 37.0 Å². The molecule has 4 heteroatoms. The van der Waals surface area contributed by atoms with Crippen molar-refractivity contribution in [2.75, 3.05) is 0 Å². The molecular formula is C14H15ClN2O. The van der Waals surface area contributed by atoms with Crippen LogP contribution in [0.4, 0.5) is 0 Å². The maximum absolute atomic E-state index is 12.2. The van der Waals surface area contributed by atoms with Crippen LogP contribution in [0.15, 0.2) is 29.4 Å². The van der Waals surface area contributed by atoms with Crippen LogP contribution in [0.3, 0.4) is 0 Å². The first-order valence-corrected chi connectivity index (χ1v) is 6.75. The second kappa shape index (κ2) is 4.73. The molecule has 1 aromatic carbocycles. The zero-order valence-corrected chi connectivity index (χ0v) is 10.9. The lowest BCUT2D eigenvalue weighted by Gasteiger charge is -2.17. The zero-order valence-electron chi connectivity index (χ0n) is 10.1. The molecule has 0 radical (unpaired) electrons. The Hall–Kier alpha value is -1.35. The van der Waals surface area contributed by atoms with E-state index in [0.29, 0.717) is 11.6 Å². The van der Waals surface area contributed by atoms with Crippen LogP contribution in [0.2, 0.25) is 5.02 Å². The minimum atomic E-state index is 0.0612. The molecule has 0 spiro atoms. The quantitative estimate of drug-likeness (QED) is 0.805. The molecule has 1 aliphatic carbocycles. The molecule has 3 nitrogen and oxygen atoms in total. The van der Waals surface area contributed by atoms with Crippen molar-refractivity contribution in [2.45, 2.75) is 32.2 Å². The normalized spacial score (nSPS) is 22.9. The van der Waals surface area contributed by atoms with Crippen molar-refractivity contribution >= 4 is 23.2 Å². The van der Waals surface area contributed by atoms with Crippen molar-refractivity contribution in [3.63, 3.8) is 0 Å². The highest BCUT2D eigenvalue weighted by Crippen LogP contribution is 2.29. The monoisotopic (exact) mass is 262 g/mol. The Morgan fingerprint density at radius 2 is 2.06 bits per heavy atom. The topological polar surface area (TPSA) is 32.7 Å². The van der Waals surface area contributed by atoms with Gasteiger partial charge in [0.15, 0.2) is 0 Å². The van der Waals surface area contributed by atoms with Crippen LogP contribution in [0.25, 0.3) is 0 Å². The standard InChI is InChI=1S/C14H15ClN2O/c15-11-7-5-10(6-8-11)9-17-14(18)12-3-1-2-4-13(12)16-17/h5-8,12H,1-4,9H2. The van der Waals surface area contributed by atoms with Crippen molar-refractivity contribution in [2.24, 2.45) is 11.0 Å². The van der Waals surface area contributed by atoms with E-state index >= 15 is 0 Å². The van der Waals surface area contributed by atoms with E-state index in [1.807, 2.05) is 24.3 Å². The van der Waals surface area contributed by atoms with Crippen LogP contribution in [0.1, 0.15) is 31.2 Å². The predicted octanol–water partition coefficient (Wildman–Crippen LogP) is 3.23. The number of halogens is 1. The summed E-state index contributed by atoms with van der Waals surface area (Å²) in [6, 6.07) is 7.57. The third kappa shape index (κ3) is 2.15. The summed E-state index contributed by atoms with van der Waals surface area (Å²) in [6.45, 7) is 0.552. The summed E-state index contributed by atoms with van der Waals surface area (Å²) in [5.41, 5.74) is 2.15. The first-order valence-electron chi connectivity index (χ1n) is 6.37. The third-order valence-corrected chi connectivity index (χ3v) is 3.88. The first kappa shape index (κ1) is 11.7. The summed E-state index contributed by atoms with van der Waals surface area (Å²) >= 11 is 5.85. The summed E-state index contributed by atoms with van der Waals surface area (Å²) in [7, 11) is 0. The number of carbonyl (C=O) groups is 1.